The fourth-order valence-electron chi connectivity index (χ4n) is 2.07. The first kappa shape index (κ1) is 16.3. The van der Waals surface area contributed by atoms with Crippen molar-refractivity contribution in [3.05, 3.63) is 6.33 Å². The van der Waals surface area contributed by atoms with Gasteiger partial charge in [0.1, 0.15) is 12.2 Å². The lowest BCUT2D eigenvalue weighted by Gasteiger charge is -2.23. The van der Waals surface area contributed by atoms with Crippen LogP contribution in [0.2, 0.25) is 0 Å². The van der Waals surface area contributed by atoms with Crippen molar-refractivity contribution >= 4 is 22.9 Å². The zero-order valence-corrected chi connectivity index (χ0v) is 12.5. The molecule has 0 fully saturated rings. The van der Waals surface area contributed by atoms with Gasteiger partial charge in [-0.1, -0.05) is 0 Å². The molecular weight excluding hydrogens is 295 g/mol. The van der Waals surface area contributed by atoms with E-state index in [1.807, 2.05) is 0 Å². The molecule has 0 aliphatic carbocycles. The number of methoxy groups -OCH3 is 1. The van der Waals surface area contributed by atoms with Crippen molar-refractivity contribution < 1.29 is 19.3 Å². The second-order valence-electron chi connectivity index (χ2n) is 4.94. The van der Waals surface area contributed by atoms with Crippen molar-refractivity contribution in [3.8, 4) is 0 Å². The SMILES string of the molecule is COC(CO)[C@@H](O)[C@@H](F)n1cnc2c(N(C)C)nc(N)nc21. The summed E-state index contributed by atoms with van der Waals surface area (Å²) in [6.45, 7) is -0.523. The second kappa shape index (κ2) is 6.38. The molecule has 0 radical (unpaired) electrons. The Balaban J connectivity index is 2.48. The molecule has 4 N–H and O–H groups in total. The lowest BCUT2D eigenvalue weighted by molar-refractivity contribution is -0.0891. The minimum Gasteiger partial charge on any atom is -0.394 e. The number of fused-ring (bicyclic) bond motifs is 1. The van der Waals surface area contributed by atoms with Crippen LogP contribution in [-0.2, 0) is 4.74 Å². The predicted octanol–water partition coefficient (Wildman–Crippen LogP) is -0.689. The minimum atomic E-state index is -1.91. The first-order valence-corrected chi connectivity index (χ1v) is 6.53. The Hall–Kier alpha value is -2.04. The summed E-state index contributed by atoms with van der Waals surface area (Å²) in [7, 11) is 4.76. The summed E-state index contributed by atoms with van der Waals surface area (Å²) in [5.41, 5.74) is 6.14. The van der Waals surface area contributed by atoms with Gasteiger partial charge in [0.25, 0.3) is 0 Å². The molecule has 0 aliphatic rings. The Bertz CT molecular complexity index is 645. The number of hydrogen-bond donors (Lipinski definition) is 3. The first-order valence-electron chi connectivity index (χ1n) is 6.53. The van der Waals surface area contributed by atoms with E-state index < -0.39 is 25.1 Å². The molecule has 22 heavy (non-hydrogen) atoms. The Kier molecular flexibility index (Phi) is 4.74. The minimum absolute atomic E-state index is 0.0370. The molecule has 0 amide bonds. The van der Waals surface area contributed by atoms with Gasteiger partial charge in [-0.15, -0.1) is 0 Å². The molecule has 0 saturated carbocycles. The van der Waals surface area contributed by atoms with Crippen molar-refractivity contribution in [2.24, 2.45) is 0 Å². The van der Waals surface area contributed by atoms with Gasteiger partial charge in [0.15, 0.2) is 17.0 Å². The van der Waals surface area contributed by atoms with E-state index in [9.17, 15) is 9.50 Å². The normalized spacial score (nSPS) is 15.7. The van der Waals surface area contributed by atoms with Crippen LogP contribution < -0.4 is 10.6 Å². The topological polar surface area (TPSA) is 123 Å². The number of alkyl halides is 1. The molecule has 2 rings (SSSR count). The number of nitrogens with zero attached hydrogens (tertiary/aromatic N) is 5. The fraction of sp³-hybridized carbons (Fsp3) is 0.583. The van der Waals surface area contributed by atoms with Crippen LogP contribution in [0.3, 0.4) is 0 Å². The van der Waals surface area contributed by atoms with Crippen LogP contribution in [0.1, 0.15) is 6.30 Å². The van der Waals surface area contributed by atoms with Crippen LogP contribution in [0, 0.1) is 0 Å². The number of ether oxygens (including phenoxy) is 1. The number of imidazole rings is 1. The molecule has 0 aliphatic heterocycles. The Morgan fingerprint density at radius 3 is 2.68 bits per heavy atom. The summed E-state index contributed by atoms with van der Waals surface area (Å²) in [6.07, 6.45) is -3.37. The van der Waals surface area contributed by atoms with Crippen LogP contribution in [0.15, 0.2) is 6.33 Å². The number of hydrogen-bond acceptors (Lipinski definition) is 8. The number of anilines is 2. The highest BCUT2D eigenvalue weighted by atomic mass is 19.1. The molecule has 0 aromatic carbocycles. The smallest absolute Gasteiger partial charge is 0.224 e. The van der Waals surface area contributed by atoms with Crippen molar-refractivity contribution in [1.82, 2.24) is 19.5 Å². The molecule has 122 valence electrons. The quantitative estimate of drug-likeness (QED) is 0.640. The average Bonchev–Trinajstić information content (AvgIpc) is 2.90. The highest BCUT2D eigenvalue weighted by Crippen LogP contribution is 2.27. The maximum absolute atomic E-state index is 14.5. The summed E-state index contributed by atoms with van der Waals surface area (Å²) in [4.78, 5) is 13.8. The predicted molar refractivity (Wildman–Crippen MR) is 78.1 cm³/mol. The number of rotatable bonds is 6. The van der Waals surface area contributed by atoms with E-state index in [4.69, 9.17) is 15.6 Å². The lowest BCUT2D eigenvalue weighted by atomic mass is 10.2. The Morgan fingerprint density at radius 1 is 1.45 bits per heavy atom. The molecule has 3 atom stereocenters. The van der Waals surface area contributed by atoms with Crippen molar-refractivity contribution in [2.45, 2.75) is 18.5 Å². The maximum Gasteiger partial charge on any atom is 0.224 e. The van der Waals surface area contributed by atoms with Crippen LogP contribution in [0.5, 0.6) is 0 Å². The van der Waals surface area contributed by atoms with Gasteiger partial charge >= 0.3 is 0 Å². The third-order valence-corrected chi connectivity index (χ3v) is 3.26. The molecule has 2 aromatic rings. The molecule has 9 nitrogen and oxygen atoms in total. The second-order valence-corrected chi connectivity index (χ2v) is 4.94. The van der Waals surface area contributed by atoms with Gasteiger partial charge in [0.05, 0.1) is 12.9 Å². The lowest BCUT2D eigenvalue weighted by Crippen LogP contribution is -2.37. The number of aliphatic hydroxyl groups excluding tert-OH is 2. The summed E-state index contributed by atoms with van der Waals surface area (Å²) in [5, 5.41) is 19.1. The average molecular weight is 314 g/mol. The maximum atomic E-state index is 14.5. The summed E-state index contributed by atoms with van der Waals surface area (Å²) in [5.74, 6) is 0.401. The van der Waals surface area contributed by atoms with Gasteiger partial charge < -0.3 is 25.6 Å². The molecule has 2 aromatic heterocycles. The standard InChI is InChI=1S/C12H19FN6O3/c1-18(2)10-7-11(17-12(14)16-10)19(5-15-7)9(13)8(21)6(4-20)22-3/h5-6,8-9,20-21H,4H2,1-3H3,(H2,14,16,17)/t6?,8-,9+/m1/s1. The van der Waals surface area contributed by atoms with Crippen molar-refractivity contribution in [3.63, 3.8) is 0 Å². The van der Waals surface area contributed by atoms with E-state index in [1.165, 1.54) is 13.4 Å². The fourth-order valence-corrected chi connectivity index (χ4v) is 2.07. The van der Waals surface area contributed by atoms with Crippen molar-refractivity contribution in [1.29, 1.82) is 0 Å². The van der Waals surface area contributed by atoms with E-state index in [1.54, 1.807) is 19.0 Å². The molecule has 10 heteroatoms. The first-order chi connectivity index (χ1) is 10.4. The van der Waals surface area contributed by atoms with Gasteiger partial charge in [-0.2, -0.15) is 9.97 Å². The molecule has 0 spiro atoms. The number of nitrogen functional groups attached to an aromatic ring is 1. The van der Waals surface area contributed by atoms with E-state index in [-0.39, 0.29) is 11.6 Å². The van der Waals surface area contributed by atoms with E-state index in [2.05, 4.69) is 15.0 Å². The highest BCUT2D eigenvalue weighted by Gasteiger charge is 2.30. The van der Waals surface area contributed by atoms with Crippen LogP contribution in [-0.4, -0.2) is 69.8 Å². The van der Waals surface area contributed by atoms with E-state index in [0.717, 1.165) is 4.57 Å². The molecule has 1 unspecified atom stereocenters. The summed E-state index contributed by atoms with van der Waals surface area (Å²) < 4.78 is 20.4. The Morgan fingerprint density at radius 2 is 2.14 bits per heavy atom. The third-order valence-electron chi connectivity index (χ3n) is 3.26. The van der Waals surface area contributed by atoms with E-state index in [0.29, 0.717) is 11.3 Å². The number of nitrogens with two attached hydrogens (primary N) is 1. The number of aromatic nitrogens is 4. The summed E-state index contributed by atoms with van der Waals surface area (Å²) in [6, 6.07) is 0. The van der Waals surface area contributed by atoms with Gasteiger partial charge in [0.2, 0.25) is 12.2 Å². The van der Waals surface area contributed by atoms with Crippen LogP contribution in [0.25, 0.3) is 11.2 Å². The molecular formula is C12H19FN6O3. The van der Waals surface area contributed by atoms with Gasteiger partial charge in [-0.05, 0) is 0 Å². The van der Waals surface area contributed by atoms with Crippen LogP contribution >= 0.6 is 0 Å². The molecule has 0 saturated heterocycles. The molecule has 2 heterocycles. The largest absolute Gasteiger partial charge is 0.394 e. The van der Waals surface area contributed by atoms with Gasteiger partial charge in [0, 0.05) is 21.2 Å². The van der Waals surface area contributed by atoms with Gasteiger partial charge in [-0.3, -0.25) is 4.57 Å². The monoisotopic (exact) mass is 314 g/mol. The number of aliphatic hydroxyl groups is 2. The zero-order valence-electron chi connectivity index (χ0n) is 12.5. The third kappa shape index (κ3) is 2.80. The van der Waals surface area contributed by atoms with Crippen molar-refractivity contribution in [2.75, 3.05) is 38.4 Å². The van der Waals surface area contributed by atoms with E-state index >= 15 is 0 Å². The molecule has 0 bridgehead atoms. The Labute approximate surface area is 126 Å². The van der Waals surface area contributed by atoms with Gasteiger partial charge in [-0.25, -0.2) is 9.37 Å². The van der Waals surface area contributed by atoms with Crippen LogP contribution in [0.4, 0.5) is 16.2 Å². The number of halogens is 1. The highest BCUT2D eigenvalue weighted by molar-refractivity contribution is 5.84. The zero-order chi connectivity index (χ0) is 16.4. The summed E-state index contributed by atoms with van der Waals surface area (Å²) >= 11 is 0.